The summed E-state index contributed by atoms with van der Waals surface area (Å²) in [6, 6.07) is 1.78. The fourth-order valence-corrected chi connectivity index (χ4v) is 2.57. The van der Waals surface area contributed by atoms with E-state index < -0.39 is 0 Å². The molecule has 7 heteroatoms. The number of aromatic nitrogens is 3. The van der Waals surface area contributed by atoms with Crippen LogP contribution in [0, 0.1) is 6.92 Å². The topological polar surface area (TPSA) is 90.1 Å². The Morgan fingerprint density at radius 1 is 1.32 bits per heavy atom. The van der Waals surface area contributed by atoms with Gasteiger partial charge < -0.3 is 14.6 Å². The molecule has 0 unspecified atom stereocenters. The highest BCUT2D eigenvalue weighted by Crippen LogP contribution is 2.22. The summed E-state index contributed by atoms with van der Waals surface area (Å²) in [6.07, 6.45) is 8.45. The van der Waals surface area contributed by atoms with Gasteiger partial charge in [0, 0.05) is 24.5 Å². The van der Waals surface area contributed by atoms with Gasteiger partial charge in [-0.1, -0.05) is 5.16 Å². The van der Waals surface area contributed by atoms with E-state index in [9.17, 15) is 4.79 Å². The van der Waals surface area contributed by atoms with Crippen molar-refractivity contribution in [2.75, 3.05) is 0 Å². The number of carbonyl (C=O) groups excluding carboxylic acids is 1. The highest BCUT2D eigenvalue weighted by Gasteiger charge is 2.25. The summed E-state index contributed by atoms with van der Waals surface area (Å²) in [6.45, 7) is 1.76. The van der Waals surface area contributed by atoms with Crippen molar-refractivity contribution in [3.05, 3.63) is 36.1 Å². The van der Waals surface area contributed by atoms with E-state index in [1.54, 1.807) is 31.6 Å². The summed E-state index contributed by atoms with van der Waals surface area (Å²) in [5, 5.41) is 6.71. The van der Waals surface area contributed by atoms with Crippen molar-refractivity contribution in [2.45, 2.75) is 44.8 Å². The maximum absolute atomic E-state index is 12.0. The number of rotatable bonds is 4. The number of hydrogen-bond donors (Lipinski definition) is 1. The standard InChI is InChI=1S/C15H18N4O3/c1-10-8-13(19-22-10)15(20)18-11-2-4-12(5-3-11)21-14-9-16-6-7-17-14/h6-9,11-12H,2-5H2,1H3,(H,18,20). The van der Waals surface area contributed by atoms with Crippen LogP contribution in [0.3, 0.4) is 0 Å². The first-order valence-corrected chi connectivity index (χ1v) is 7.37. The molecule has 0 aromatic carbocycles. The summed E-state index contributed by atoms with van der Waals surface area (Å²) >= 11 is 0. The van der Waals surface area contributed by atoms with Crippen molar-refractivity contribution in [1.29, 1.82) is 0 Å². The second-order valence-corrected chi connectivity index (χ2v) is 5.43. The quantitative estimate of drug-likeness (QED) is 0.927. The number of carbonyl (C=O) groups is 1. The molecule has 7 nitrogen and oxygen atoms in total. The van der Waals surface area contributed by atoms with Crippen LogP contribution in [0.5, 0.6) is 5.88 Å². The molecule has 1 aliphatic rings. The summed E-state index contributed by atoms with van der Waals surface area (Å²) in [4.78, 5) is 20.1. The Bertz CT molecular complexity index is 621. The first-order chi connectivity index (χ1) is 10.7. The Morgan fingerprint density at radius 3 is 2.77 bits per heavy atom. The van der Waals surface area contributed by atoms with Crippen LogP contribution in [-0.2, 0) is 0 Å². The van der Waals surface area contributed by atoms with Gasteiger partial charge in [-0.2, -0.15) is 0 Å². The molecule has 0 radical (unpaired) electrons. The Hall–Kier alpha value is -2.44. The van der Waals surface area contributed by atoms with E-state index >= 15 is 0 Å². The maximum atomic E-state index is 12.0. The van der Waals surface area contributed by atoms with Crippen LogP contribution < -0.4 is 10.1 Å². The maximum Gasteiger partial charge on any atom is 0.273 e. The molecule has 0 spiro atoms. The van der Waals surface area contributed by atoms with E-state index in [2.05, 4.69) is 20.4 Å². The summed E-state index contributed by atoms with van der Waals surface area (Å²) < 4.78 is 10.7. The fourth-order valence-electron chi connectivity index (χ4n) is 2.57. The number of nitrogens with zero attached hydrogens (tertiary/aromatic N) is 3. The third-order valence-corrected chi connectivity index (χ3v) is 3.70. The SMILES string of the molecule is Cc1cc(C(=O)NC2CCC(Oc3cnccn3)CC2)no1. The average molecular weight is 302 g/mol. The molecule has 1 aliphatic carbocycles. The van der Waals surface area contributed by atoms with Crippen LogP contribution in [0.15, 0.2) is 29.2 Å². The van der Waals surface area contributed by atoms with Crippen molar-refractivity contribution in [3.8, 4) is 5.88 Å². The molecular formula is C15H18N4O3. The molecule has 2 aromatic heterocycles. The van der Waals surface area contributed by atoms with E-state index in [-0.39, 0.29) is 18.1 Å². The second kappa shape index (κ2) is 6.55. The Balaban J connectivity index is 1.46. The zero-order chi connectivity index (χ0) is 15.4. The Kier molecular flexibility index (Phi) is 4.32. The molecule has 0 bridgehead atoms. The van der Waals surface area contributed by atoms with Gasteiger partial charge in [0.1, 0.15) is 11.9 Å². The number of nitrogens with one attached hydrogen (secondary N) is 1. The van der Waals surface area contributed by atoms with Crippen LogP contribution in [-0.4, -0.2) is 33.2 Å². The lowest BCUT2D eigenvalue weighted by Gasteiger charge is -2.28. The molecule has 1 N–H and O–H groups in total. The lowest BCUT2D eigenvalue weighted by Crippen LogP contribution is -2.39. The van der Waals surface area contributed by atoms with Gasteiger partial charge in [-0.25, -0.2) is 4.98 Å². The predicted molar refractivity (Wildman–Crippen MR) is 77.4 cm³/mol. The molecule has 1 amide bonds. The van der Waals surface area contributed by atoms with Crippen molar-refractivity contribution in [3.63, 3.8) is 0 Å². The van der Waals surface area contributed by atoms with E-state index in [0.29, 0.717) is 17.3 Å². The molecule has 1 saturated carbocycles. The average Bonchev–Trinajstić information content (AvgIpc) is 2.97. The molecule has 0 atom stereocenters. The van der Waals surface area contributed by atoms with Crippen molar-refractivity contribution in [1.82, 2.24) is 20.4 Å². The van der Waals surface area contributed by atoms with Crippen molar-refractivity contribution >= 4 is 5.91 Å². The summed E-state index contributed by atoms with van der Waals surface area (Å²) in [5.74, 6) is 0.995. The lowest BCUT2D eigenvalue weighted by atomic mass is 9.93. The Labute approximate surface area is 128 Å². The number of aryl methyl sites for hydroxylation is 1. The largest absolute Gasteiger partial charge is 0.473 e. The highest BCUT2D eigenvalue weighted by molar-refractivity contribution is 5.92. The van der Waals surface area contributed by atoms with E-state index in [1.165, 1.54) is 0 Å². The minimum atomic E-state index is -0.185. The van der Waals surface area contributed by atoms with Crippen LogP contribution in [0.1, 0.15) is 41.9 Å². The van der Waals surface area contributed by atoms with E-state index in [4.69, 9.17) is 9.26 Å². The third-order valence-electron chi connectivity index (χ3n) is 3.70. The lowest BCUT2D eigenvalue weighted by molar-refractivity contribution is 0.0881. The van der Waals surface area contributed by atoms with Crippen molar-refractivity contribution in [2.24, 2.45) is 0 Å². The monoisotopic (exact) mass is 302 g/mol. The van der Waals surface area contributed by atoms with Crippen LogP contribution >= 0.6 is 0 Å². The number of amides is 1. The van der Waals surface area contributed by atoms with Crippen LogP contribution in [0.25, 0.3) is 0 Å². The molecule has 2 heterocycles. The predicted octanol–water partition coefficient (Wildman–Crippen LogP) is 1.89. The first kappa shape index (κ1) is 14.5. The van der Waals surface area contributed by atoms with Crippen LogP contribution in [0.2, 0.25) is 0 Å². The van der Waals surface area contributed by atoms with Gasteiger partial charge in [0.25, 0.3) is 5.91 Å². The highest BCUT2D eigenvalue weighted by atomic mass is 16.5. The molecule has 0 saturated heterocycles. The van der Waals surface area contributed by atoms with Gasteiger partial charge >= 0.3 is 0 Å². The molecule has 3 rings (SSSR count). The van der Waals surface area contributed by atoms with E-state index in [0.717, 1.165) is 25.7 Å². The molecule has 2 aromatic rings. The number of hydrogen-bond acceptors (Lipinski definition) is 6. The molecule has 1 fully saturated rings. The molecule has 116 valence electrons. The van der Waals surface area contributed by atoms with E-state index in [1.807, 2.05) is 0 Å². The zero-order valence-electron chi connectivity index (χ0n) is 12.4. The fraction of sp³-hybridized carbons (Fsp3) is 0.467. The number of ether oxygens (including phenoxy) is 1. The van der Waals surface area contributed by atoms with Gasteiger partial charge in [-0.15, -0.1) is 0 Å². The minimum Gasteiger partial charge on any atom is -0.473 e. The first-order valence-electron chi connectivity index (χ1n) is 7.37. The van der Waals surface area contributed by atoms with Gasteiger partial charge in [0.2, 0.25) is 5.88 Å². The van der Waals surface area contributed by atoms with Gasteiger partial charge in [-0.05, 0) is 32.6 Å². The molecule has 22 heavy (non-hydrogen) atoms. The third kappa shape index (κ3) is 3.60. The van der Waals surface area contributed by atoms with Crippen molar-refractivity contribution < 1.29 is 14.1 Å². The van der Waals surface area contributed by atoms with Gasteiger partial charge in [0.05, 0.1) is 6.20 Å². The van der Waals surface area contributed by atoms with Gasteiger partial charge in [-0.3, -0.25) is 9.78 Å². The second-order valence-electron chi connectivity index (χ2n) is 5.43. The smallest absolute Gasteiger partial charge is 0.273 e. The zero-order valence-corrected chi connectivity index (χ0v) is 12.4. The summed E-state index contributed by atoms with van der Waals surface area (Å²) in [7, 11) is 0. The summed E-state index contributed by atoms with van der Waals surface area (Å²) in [5.41, 5.74) is 0.329. The van der Waals surface area contributed by atoms with Crippen LogP contribution in [0.4, 0.5) is 0 Å². The molecular weight excluding hydrogens is 284 g/mol. The van der Waals surface area contributed by atoms with Gasteiger partial charge in [0.15, 0.2) is 5.69 Å². The minimum absolute atomic E-state index is 0.124. The normalized spacial score (nSPS) is 21.3. The molecule has 0 aliphatic heterocycles. The Morgan fingerprint density at radius 2 is 2.14 bits per heavy atom.